The van der Waals surface area contributed by atoms with Gasteiger partial charge in [0, 0.05) is 29.2 Å². The molecule has 88 valence electrons. The number of nitrogen functional groups attached to an aromatic ring is 1. The second kappa shape index (κ2) is 4.45. The fourth-order valence-electron chi connectivity index (χ4n) is 2.05. The van der Waals surface area contributed by atoms with Gasteiger partial charge in [0.25, 0.3) is 0 Å². The number of ether oxygens (including phenoxy) is 1. The summed E-state index contributed by atoms with van der Waals surface area (Å²) in [5, 5.41) is 0. The van der Waals surface area contributed by atoms with E-state index in [0.29, 0.717) is 5.69 Å². The summed E-state index contributed by atoms with van der Waals surface area (Å²) in [5.41, 5.74) is 10.9. The highest BCUT2D eigenvalue weighted by Crippen LogP contribution is 2.36. The van der Waals surface area contributed by atoms with Crippen LogP contribution >= 0.6 is 0 Å². The minimum Gasteiger partial charge on any atom is -0.496 e. The van der Waals surface area contributed by atoms with Gasteiger partial charge in [0.1, 0.15) is 5.75 Å². The average Bonchev–Trinajstić information content (AvgIpc) is 2.29. The first kappa shape index (κ1) is 11.5. The summed E-state index contributed by atoms with van der Waals surface area (Å²) < 4.78 is 5.43. The van der Waals surface area contributed by atoms with Gasteiger partial charge in [-0.05, 0) is 37.1 Å². The molecule has 1 aromatic carbocycles. The molecule has 0 aliphatic carbocycles. The molecule has 0 aliphatic rings. The van der Waals surface area contributed by atoms with Crippen LogP contribution in [0.15, 0.2) is 30.6 Å². The zero-order valence-electron chi connectivity index (χ0n) is 10.3. The lowest BCUT2D eigenvalue weighted by molar-refractivity contribution is 0.416. The van der Waals surface area contributed by atoms with Gasteiger partial charge in [0.05, 0.1) is 7.11 Å². The number of nitrogens with zero attached hydrogens (tertiary/aromatic N) is 1. The summed E-state index contributed by atoms with van der Waals surface area (Å²) in [7, 11) is 1.67. The Morgan fingerprint density at radius 3 is 2.65 bits per heavy atom. The van der Waals surface area contributed by atoms with Crippen molar-refractivity contribution in [1.29, 1.82) is 0 Å². The molecule has 0 saturated carbocycles. The van der Waals surface area contributed by atoms with Gasteiger partial charge in [0.2, 0.25) is 0 Å². The van der Waals surface area contributed by atoms with E-state index in [0.717, 1.165) is 22.4 Å². The van der Waals surface area contributed by atoms with Crippen LogP contribution in [0.25, 0.3) is 11.1 Å². The molecule has 0 unspecified atom stereocenters. The molecule has 0 saturated heterocycles. The first-order valence-electron chi connectivity index (χ1n) is 5.48. The molecule has 1 aromatic heterocycles. The van der Waals surface area contributed by atoms with Crippen LogP contribution in [0.3, 0.4) is 0 Å². The van der Waals surface area contributed by atoms with E-state index < -0.39 is 0 Å². The second-order valence-electron chi connectivity index (χ2n) is 4.12. The highest BCUT2D eigenvalue weighted by atomic mass is 16.5. The van der Waals surface area contributed by atoms with Crippen LogP contribution in [0.2, 0.25) is 0 Å². The van der Waals surface area contributed by atoms with E-state index in [9.17, 15) is 0 Å². The number of aromatic nitrogens is 1. The molecule has 2 N–H and O–H groups in total. The number of nitrogens with two attached hydrogens (primary N) is 1. The van der Waals surface area contributed by atoms with E-state index in [4.69, 9.17) is 10.5 Å². The molecule has 3 nitrogen and oxygen atoms in total. The molecule has 0 aliphatic heterocycles. The number of anilines is 1. The zero-order chi connectivity index (χ0) is 12.4. The Morgan fingerprint density at radius 1 is 1.24 bits per heavy atom. The fraction of sp³-hybridized carbons (Fsp3) is 0.214. The molecule has 0 radical (unpaired) electrons. The normalized spacial score (nSPS) is 10.3. The van der Waals surface area contributed by atoms with E-state index in [1.165, 1.54) is 5.56 Å². The topological polar surface area (TPSA) is 48.1 Å². The number of hydrogen-bond acceptors (Lipinski definition) is 3. The van der Waals surface area contributed by atoms with E-state index in [2.05, 4.69) is 18.0 Å². The molecule has 0 amide bonds. The van der Waals surface area contributed by atoms with Gasteiger partial charge in [-0.2, -0.15) is 0 Å². The molecular formula is C14H16N2O. The van der Waals surface area contributed by atoms with Gasteiger partial charge < -0.3 is 10.5 Å². The number of hydrogen-bond donors (Lipinski definition) is 1. The van der Waals surface area contributed by atoms with Gasteiger partial charge >= 0.3 is 0 Å². The standard InChI is InChI=1S/C14H16N2O/c1-9-6-10(2)14(13(7-9)17-3)11-8-16-5-4-12(11)15/h4-8H,1-3H3,(H2,15,16). The Hall–Kier alpha value is -2.03. The Bertz CT molecular complexity index is 550. The van der Waals surface area contributed by atoms with E-state index in [-0.39, 0.29) is 0 Å². The van der Waals surface area contributed by atoms with Crippen LogP contribution in [0, 0.1) is 13.8 Å². The Morgan fingerprint density at radius 2 is 2.00 bits per heavy atom. The number of benzene rings is 1. The summed E-state index contributed by atoms with van der Waals surface area (Å²) in [6.07, 6.45) is 3.46. The third-order valence-corrected chi connectivity index (χ3v) is 2.79. The van der Waals surface area contributed by atoms with E-state index >= 15 is 0 Å². The lowest BCUT2D eigenvalue weighted by Crippen LogP contribution is -1.96. The lowest BCUT2D eigenvalue weighted by Gasteiger charge is -2.14. The van der Waals surface area contributed by atoms with E-state index in [1.807, 2.05) is 13.0 Å². The minimum absolute atomic E-state index is 0.713. The highest BCUT2D eigenvalue weighted by Gasteiger charge is 2.12. The summed E-state index contributed by atoms with van der Waals surface area (Å²) in [6, 6.07) is 5.92. The van der Waals surface area contributed by atoms with Gasteiger partial charge in [-0.25, -0.2) is 0 Å². The molecule has 1 heterocycles. The van der Waals surface area contributed by atoms with Crippen molar-refractivity contribution in [3.8, 4) is 16.9 Å². The minimum atomic E-state index is 0.713. The average molecular weight is 228 g/mol. The molecule has 2 rings (SSSR count). The van der Waals surface area contributed by atoms with Crippen molar-refractivity contribution in [2.24, 2.45) is 0 Å². The van der Waals surface area contributed by atoms with Crippen molar-refractivity contribution >= 4 is 5.69 Å². The molecule has 0 fully saturated rings. The predicted octanol–water partition coefficient (Wildman–Crippen LogP) is 2.96. The number of rotatable bonds is 2. The van der Waals surface area contributed by atoms with Crippen LogP contribution in [0.1, 0.15) is 11.1 Å². The smallest absolute Gasteiger partial charge is 0.127 e. The van der Waals surface area contributed by atoms with Crippen molar-refractivity contribution in [2.45, 2.75) is 13.8 Å². The van der Waals surface area contributed by atoms with E-state index in [1.54, 1.807) is 25.6 Å². The molecule has 3 heteroatoms. The summed E-state index contributed by atoms with van der Waals surface area (Å²) in [4.78, 5) is 4.13. The fourth-order valence-corrected chi connectivity index (χ4v) is 2.05. The van der Waals surface area contributed by atoms with Gasteiger partial charge in [-0.1, -0.05) is 6.07 Å². The van der Waals surface area contributed by atoms with Crippen molar-refractivity contribution < 1.29 is 4.74 Å². The van der Waals surface area contributed by atoms with Crippen molar-refractivity contribution in [3.05, 3.63) is 41.7 Å². The second-order valence-corrected chi connectivity index (χ2v) is 4.12. The zero-order valence-corrected chi connectivity index (χ0v) is 10.3. The summed E-state index contributed by atoms with van der Waals surface area (Å²) in [5.74, 6) is 0.835. The number of methoxy groups -OCH3 is 1. The van der Waals surface area contributed by atoms with Crippen molar-refractivity contribution in [3.63, 3.8) is 0 Å². The van der Waals surface area contributed by atoms with Gasteiger partial charge in [-0.3, -0.25) is 4.98 Å². The molecule has 17 heavy (non-hydrogen) atoms. The van der Waals surface area contributed by atoms with Crippen molar-refractivity contribution in [2.75, 3.05) is 12.8 Å². The maximum absolute atomic E-state index is 5.99. The molecular weight excluding hydrogens is 212 g/mol. The number of pyridine rings is 1. The number of aryl methyl sites for hydroxylation is 2. The van der Waals surface area contributed by atoms with Crippen LogP contribution in [-0.2, 0) is 0 Å². The summed E-state index contributed by atoms with van der Waals surface area (Å²) in [6.45, 7) is 4.10. The molecule has 0 spiro atoms. The monoisotopic (exact) mass is 228 g/mol. The van der Waals surface area contributed by atoms with Crippen LogP contribution in [0.4, 0.5) is 5.69 Å². The quantitative estimate of drug-likeness (QED) is 0.859. The first-order chi connectivity index (χ1) is 8.13. The van der Waals surface area contributed by atoms with Gasteiger partial charge in [-0.15, -0.1) is 0 Å². The predicted molar refractivity (Wildman–Crippen MR) is 70.1 cm³/mol. The third-order valence-electron chi connectivity index (χ3n) is 2.79. The van der Waals surface area contributed by atoms with Crippen LogP contribution < -0.4 is 10.5 Å². The molecule has 0 atom stereocenters. The van der Waals surface area contributed by atoms with Crippen LogP contribution in [0.5, 0.6) is 5.75 Å². The van der Waals surface area contributed by atoms with Crippen molar-refractivity contribution in [1.82, 2.24) is 4.98 Å². The van der Waals surface area contributed by atoms with Crippen LogP contribution in [-0.4, -0.2) is 12.1 Å². The Balaban J connectivity index is 2.71. The SMILES string of the molecule is COc1cc(C)cc(C)c1-c1cnccc1N. The molecule has 0 bridgehead atoms. The van der Waals surface area contributed by atoms with Gasteiger partial charge in [0.15, 0.2) is 0 Å². The Kier molecular flexibility index (Phi) is 3.00. The third kappa shape index (κ3) is 2.09. The first-order valence-corrected chi connectivity index (χ1v) is 5.48. The maximum atomic E-state index is 5.99. The largest absolute Gasteiger partial charge is 0.496 e. The Labute approximate surface area is 101 Å². The maximum Gasteiger partial charge on any atom is 0.127 e. The molecule has 2 aromatic rings. The highest BCUT2D eigenvalue weighted by molar-refractivity contribution is 5.82. The summed E-state index contributed by atoms with van der Waals surface area (Å²) >= 11 is 0. The lowest BCUT2D eigenvalue weighted by atomic mass is 9.97.